The second-order valence-electron chi connectivity index (χ2n) is 2.98. The van der Waals surface area contributed by atoms with Gasteiger partial charge in [0.15, 0.2) is 5.95 Å². The van der Waals surface area contributed by atoms with E-state index in [-0.39, 0.29) is 6.04 Å². The number of nitrogens with two attached hydrogens (primary N) is 2. The van der Waals surface area contributed by atoms with Gasteiger partial charge in [0, 0.05) is 11.7 Å². The third-order valence-corrected chi connectivity index (χ3v) is 2.12. The van der Waals surface area contributed by atoms with Crippen molar-refractivity contribution in [1.29, 1.82) is 0 Å². The van der Waals surface area contributed by atoms with E-state index in [1.165, 1.54) is 0 Å². The molecule has 1 aliphatic rings. The van der Waals surface area contributed by atoms with Crippen LogP contribution in [-0.4, -0.2) is 9.97 Å². The summed E-state index contributed by atoms with van der Waals surface area (Å²) in [6.45, 7) is 0. The minimum absolute atomic E-state index is 0.0901. The molecule has 0 amide bonds. The zero-order chi connectivity index (χ0) is 7.84. The summed E-state index contributed by atoms with van der Waals surface area (Å²) < 4.78 is 0. The van der Waals surface area contributed by atoms with Crippen LogP contribution in [0.5, 0.6) is 0 Å². The molecule has 0 fully saturated rings. The number of nitrogen functional groups attached to an aromatic ring is 1. The first-order chi connectivity index (χ1) is 5.27. The molecule has 1 atom stereocenters. The summed E-state index contributed by atoms with van der Waals surface area (Å²) in [4.78, 5) is 7.14. The van der Waals surface area contributed by atoms with Crippen molar-refractivity contribution in [3.05, 3.63) is 11.4 Å². The van der Waals surface area contributed by atoms with E-state index in [0.717, 1.165) is 30.7 Å². The van der Waals surface area contributed by atoms with Crippen LogP contribution in [0.15, 0.2) is 0 Å². The Balaban J connectivity index is 2.43. The van der Waals surface area contributed by atoms with Gasteiger partial charge in [-0.05, 0) is 19.3 Å². The lowest BCUT2D eigenvalue weighted by molar-refractivity contribution is 0.555. The van der Waals surface area contributed by atoms with E-state index >= 15 is 0 Å². The van der Waals surface area contributed by atoms with E-state index in [2.05, 4.69) is 9.97 Å². The maximum atomic E-state index is 5.82. The lowest BCUT2D eigenvalue weighted by Gasteiger charge is -2.15. The summed E-state index contributed by atoms with van der Waals surface area (Å²) in [5, 5.41) is 0. The van der Waals surface area contributed by atoms with Crippen molar-refractivity contribution in [2.75, 3.05) is 5.73 Å². The van der Waals surface area contributed by atoms with Crippen LogP contribution in [-0.2, 0) is 6.42 Å². The predicted molar refractivity (Wildman–Crippen MR) is 42.9 cm³/mol. The van der Waals surface area contributed by atoms with Crippen molar-refractivity contribution in [2.45, 2.75) is 25.3 Å². The number of aromatic amines is 1. The quantitative estimate of drug-likeness (QED) is 0.501. The highest BCUT2D eigenvalue weighted by atomic mass is 15.0. The summed E-state index contributed by atoms with van der Waals surface area (Å²) in [7, 11) is 0. The Morgan fingerprint density at radius 3 is 3.09 bits per heavy atom. The van der Waals surface area contributed by atoms with Crippen molar-refractivity contribution in [2.24, 2.45) is 5.73 Å². The SMILES string of the molecule is Nc1nc2c([nH]1)CCCC2N. The monoisotopic (exact) mass is 152 g/mol. The fraction of sp³-hybridized carbons (Fsp3) is 0.571. The number of fused-ring (bicyclic) bond motifs is 1. The summed E-state index contributed by atoms with van der Waals surface area (Å²) >= 11 is 0. The highest BCUT2D eigenvalue weighted by molar-refractivity contribution is 5.29. The van der Waals surface area contributed by atoms with Crippen LogP contribution in [0.1, 0.15) is 30.3 Å². The van der Waals surface area contributed by atoms with E-state index in [1.807, 2.05) is 0 Å². The van der Waals surface area contributed by atoms with E-state index in [0.29, 0.717) is 5.95 Å². The number of aryl methyl sites for hydroxylation is 1. The number of rotatable bonds is 0. The van der Waals surface area contributed by atoms with Gasteiger partial charge in [-0.25, -0.2) is 4.98 Å². The van der Waals surface area contributed by atoms with Crippen LogP contribution in [0.25, 0.3) is 0 Å². The molecule has 0 saturated carbocycles. The van der Waals surface area contributed by atoms with Gasteiger partial charge in [0.2, 0.25) is 0 Å². The van der Waals surface area contributed by atoms with Crippen molar-refractivity contribution < 1.29 is 0 Å². The van der Waals surface area contributed by atoms with Crippen LogP contribution < -0.4 is 11.5 Å². The number of H-pyrrole nitrogens is 1. The molecule has 5 N–H and O–H groups in total. The zero-order valence-electron chi connectivity index (χ0n) is 6.30. The molecule has 0 aromatic carbocycles. The van der Waals surface area contributed by atoms with Gasteiger partial charge < -0.3 is 16.5 Å². The maximum absolute atomic E-state index is 5.82. The number of anilines is 1. The van der Waals surface area contributed by atoms with Crippen molar-refractivity contribution >= 4 is 5.95 Å². The summed E-state index contributed by atoms with van der Waals surface area (Å²) in [5.41, 5.74) is 13.4. The Hall–Kier alpha value is -1.03. The summed E-state index contributed by atoms with van der Waals surface area (Å²) in [6, 6.07) is 0.0901. The summed E-state index contributed by atoms with van der Waals surface area (Å²) in [6.07, 6.45) is 3.19. The number of nitrogens with one attached hydrogen (secondary N) is 1. The third-order valence-electron chi connectivity index (χ3n) is 2.12. The topological polar surface area (TPSA) is 80.7 Å². The Bertz CT molecular complexity index is 265. The van der Waals surface area contributed by atoms with Crippen molar-refractivity contribution in [3.63, 3.8) is 0 Å². The number of nitrogens with zero attached hydrogens (tertiary/aromatic N) is 1. The predicted octanol–water partition coefficient (Wildman–Crippen LogP) is 0.328. The second kappa shape index (κ2) is 2.23. The molecule has 1 aliphatic carbocycles. The largest absolute Gasteiger partial charge is 0.369 e. The van der Waals surface area contributed by atoms with E-state index < -0.39 is 0 Å². The van der Waals surface area contributed by atoms with Crippen molar-refractivity contribution in [1.82, 2.24) is 9.97 Å². The smallest absolute Gasteiger partial charge is 0.197 e. The zero-order valence-corrected chi connectivity index (χ0v) is 6.30. The average Bonchev–Trinajstić information content (AvgIpc) is 2.31. The minimum atomic E-state index is 0.0901. The van der Waals surface area contributed by atoms with Crippen LogP contribution in [0.3, 0.4) is 0 Å². The molecule has 2 rings (SSSR count). The molecular formula is C7H12N4. The number of imidazole rings is 1. The van der Waals surface area contributed by atoms with Crippen LogP contribution in [0.4, 0.5) is 5.95 Å². The van der Waals surface area contributed by atoms with Gasteiger partial charge in [0.25, 0.3) is 0 Å². The number of aromatic nitrogens is 2. The molecule has 0 radical (unpaired) electrons. The lowest BCUT2D eigenvalue weighted by atomic mass is 9.97. The first kappa shape index (κ1) is 6.67. The molecule has 1 aromatic heterocycles. The molecule has 60 valence electrons. The highest BCUT2D eigenvalue weighted by Crippen LogP contribution is 2.25. The minimum Gasteiger partial charge on any atom is -0.369 e. The van der Waals surface area contributed by atoms with Gasteiger partial charge in [0.1, 0.15) is 0 Å². The fourth-order valence-electron chi connectivity index (χ4n) is 1.58. The number of hydrogen-bond acceptors (Lipinski definition) is 3. The molecule has 0 spiro atoms. The summed E-state index contributed by atoms with van der Waals surface area (Å²) in [5.74, 6) is 0.493. The Kier molecular flexibility index (Phi) is 1.35. The van der Waals surface area contributed by atoms with Gasteiger partial charge in [-0.3, -0.25) is 0 Å². The first-order valence-corrected chi connectivity index (χ1v) is 3.87. The molecule has 4 nitrogen and oxygen atoms in total. The molecule has 0 aliphatic heterocycles. The maximum Gasteiger partial charge on any atom is 0.197 e. The second-order valence-corrected chi connectivity index (χ2v) is 2.98. The Morgan fingerprint density at radius 2 is 2.36 bits per heavy atom. The molecule has 1 heterocycles. The standard InChI is InChI=1S/C7H12N4/c8-4-2-1-3-5-6(4)11-7(9)10-5/h4H,1-3,8H2,(H3,9,10,11). The normalized spacial score (nSPS) is 23.2. The highest BCUT2D eigenvalue weighted by Gasteiger charge is 2.19. The van der Waals surface area contributed by atoms with E-state index in [1.54, 1.807) is 0 Å². The molecule has 0 saturated heterocycles. The van der Waals surface area contributed by atoms with Gasteiger partial charge in [0.05, 0.1) is 5.69 Å². The molecule has 4 heteroatoms. The van der Waals surface area contributed by atoms with Crippen LogP contribution >= 0.6 is 0 Å². The average molecular weight is 152 g/mol. The van der Waals surface area contributed by atoms with Gasteiger partial charge in [-0.2, -0.15) is 0 Å². The molecule has 0 bridgehead atoms. The van der Waals surface area contributed by atoms with Crippen LogP contribution in [0, 0.1) is 0 Å². The number of hydrogen-bond donors (Lipinski definition) is 3. The third kappa shape index (κ3) is 0.991. The Labute approximate surface area is 65.0 Å². The van der Waals surface area contributed by atoms with Gasteiger partial charge in [-0.1, -0.05) is 0 Å². The first-order valence-electron chi connectivity index (χ1n) is 3.87. The van der Waals surface area contributed by atoms with Gasteiger partial charge in [-0.15, -0.1) is 0 Å². The molecular weight excluding hydrogens is 140 g/mol. The molecule has 1 unspecified atom stereocenters. The fourth-order valence-corrected chi connectivity index (χ4v) is 1.58. The Morgan fingerprint density at radius 1 is 1.55 bits per heavy atom. The lowest BCUT2D eigenvalue weighted by Crippen LogP contribution is -2.17. The van der Waals surface area contributed by atoms with Crippen molar-refractivity contribution in [3.8, 4) is 0 Å². The van der Waals surface area contributed by atoms with Crippen LogP contribution in [0.2, 0.25) is 0 Å². The van der Waals surface area contributed by atoms with E-state index in [9.17, 15) is 0 Å². The van der Waals surface area contributed by atoms with Gasteiger partial charge >= 0.3 is 0 Å². The van der Waals surface area contributed by atoms with E-state index in [4.69, 9.17) is 11.5 Å². The molecule has 1 aromatic rings. The molecule has 11 heavy (non-hydrogen) atoms.